The fraction of sp³-hybridized carbons (Fsp3) is 0.222. The maximum atomic E-state index is 13.8. The fourth-order valence-electron chi connectivity index (χ4n) is 2.03. The number of rotatable bonds is 6. The van der Waals surface area contributed by atoms with E-state index >= 15 is 0 Å². The van der Waals surface area contributed by atoms with Gasteiger partial charge >= 0.3 is 0 Å². The third-order valence-electron chi connectivity index (χ3n) is 3.18. The van der Waals surface area contributed by atoms with Crippen LogP contribution < -0.4 is 10.6 Å². The molecule has 2 aromatic carbocycles. The Bertz CT molecular complexity index is 732. The molecule has 0 spiro atoms. The second-order valence-corrected chi connectivity index (χ2v) is 6.39. The molecule has 2 aromatic rings. The summed E-state index contributed by atoms with van der Waals surface area (Å²) in [6, 6.07) is 12.2. The maximum Gasteiger partial charge on any atom is 0.234 e. The zero-order valence-electron chi connectivity index (χ0n) is 13.6. The van der Waals surface area contributed by atoms with Crippen molar-refractivity contribution in [3.8, 4) is 0 Å². The average Bonchev–Trinajstić information content (AvgIpc) is 2.52. The van der Waals surface area contributed by atoms with E-state index < -0.39 is 5.82 Å². The number of aryl methyl sites for hydroxylation is 1. The lowest BCUT2D eigenvalue weighted by atomic mass is 10.2. The predicted octanol–water partition coefficient (Wildman–Crippen LogP) is 3.96. The third kappa shape index (κ3) is 5.70. The maximum absolute atomic E-state index is 13.8. The molecule has 0 atom stereocenters. The first-order valence-corrected chi connectivity index (χ1v) is 8.60. The lowest BCUT2D eigenvalue weighted by Gasteiger charge is -2.09. The average molecular weight is 346 g/mol. The number of nitrogens with one attached hydrogen (secondary N) is 2. The van der Waals surface area contributed by atoms with Gasteiger partial charge in [-0.2, -0.15) is 0 Å². The Morgan fingerprint density at radius 1 is 1.08 bits per heavy atom. The van der Waals surface area contributed by atoms with Gasteiger partial charge in [-0.1, -0.05) is 29.8 Å². The van der Waals surface area contributed by atoms with Crippen LogP contribution in [0.15, 0.2) is 42.5 Å². The molecule has 0 aliphatic heterocycles. The minimum atomic E-state index is -0.541. The number of halogens is 1. The summed E-state index contributed by atoms with van der Waals surface area (Å²) in [5.41, 5.74) is 2.82. The summed E-state index contributed by atoms with van der Waals surface area (Å²) in [5, 5.41) is 5.09. The molecule has 0 radical (unpaired) electrons. The monoisotopic (exact) mass is 346 g/mol. The molecule has 0 aliphatic rings. The van der Waals surface area contributed by atoms with E-state index in [-0.39, 0.29) is 23.3 Å². The molecule has 126 valence electrons. The van der Waals surface area contributed by atoms with Gasteiger partial charge in [-0.3, -0.25) is 9.59 Å². The summed E-state index contributed by atoms with van der Waals surface area (Å²) in [5.74, 6) is -0.153. The highest BCUT2D eigenvalue weighted by Gasteiger charge is 2.09. The number of amides is 2. The van der Waals surface area contributed by atoms with Crippen LogP contribution in [0.5, 0.6) is 0 Å². The van der Waals surface area contributed by atoms with Crippen LogP contribution in [0.2, 0.25) is 0 Å². The van der Waals surface area contributed by atoms with E-state index in [1.165, 1.54) is 42.4 Å². The van der Waals surface area contributed by atoms with Crippen molar-refractivity contribution < 1.29 is 14.0 Å². The Morgan fingerprint density at radius 3 is 2.46 bits per heavy atom. The molecule has 24 heavy (non-hydrogen) atoms. The quantitative estimate of drug-likeness (QED) is 0.832. The lowest BCUT2D eigenvalue weighted by Crippen LogP contribution is -2.15. The number of thioether (sulfide) groups is 1. The van der Waals surface area contributed by atoms with Gasteiger partial charge in [0.15, 0.2) is 0 Å². The first kappa shape index (κ1) is 18.0. The van der Waals surface area contributed by atoms with Crippen molar-refractivity contribution in [3.05, 3.63) is 59.4 Å². The lowest BCUT2D eigenvalue weighted by molar-refractivity contribution is -0.114. The van der Waals surface area contributed by atoms with Gasteiger partial charge in [0.2, 0.25) is 11.8 Å². The second kappa shape index (κ2) is 8.49. The predicted molar refractivity (Wildman–Crippen MR) is 96.7 cm³/mol. The van der Waals surface area contributed by atoms with Crippen LogP contribution >= 0.6 is 11.8 Å². The van der Waals surface area contributed by atoms with Crippen LogP contribution in [-0.2, 0) is 15.3 Å². The topological polar surface area (TPSA) is 58.2 Å². The van der Waals surface area contributed by atoms with Crippen LogP contribution in [0, 0.1) is 12.7 Å². The highest BCUT2D eigenvalue weighted by atomic mass is 32.2. The van der Waals surface area contributed by atoms with Gasteiger partial charge in [0.05, 0.1) is 11.4 Å². The van der Waals surface area contributed by atoms with E-state index in [0.29, 0.717) is 11.4 Å². The fourth-order valence-corrected chi connectivity index (χ4v) is 2.82. The Hall–Kier alpha value is -2.34. The van der Waals surface area contributed by atoms with E-state index in [1.54, 1.807) is 0 Å². The van der Waals surface area contributed by atoms with Crippen molar-refractivity contribution in [1.29, 1.82) is 0 Å². The van der Waals surface area contributed by atoms with Crippen molar-refractivity contribution in [3.63, 3.8) is 0 Å². The number of anilines is 2. The first-order chi connectivity index (χ1) is 11.4. The van der Waals surface area contributed by atoms with Crippen molar-refractivity contribution in [2.24, 2.45) is 0 Å². The van der Waals surface area contributed by atoms with E-state index in [2.05, 4.69) is 10.6 Å². The van der Waals surface area contributed by atoms with Crippen molar-refractivity contribution >= 4 is 35.0 Å². The van der Waals surface area contributed by atoms with Gasteiger partial charge in [0.25, 0.3) is 0 Å². The van der Waals surface area contributed by atoms with E-state index in [9.17, 15) is 14.0 Å². The molecule has 4 nitrogen and oxygen atoms in total. The molecule has 0 heterocycles. The Morgan fingerprint density at radius 2 is 1.79 bits per heavy atom. The van der Waals surface area contributed by atoms with E-state index in [1.807, 2.05) is 31.2 Å². The molecule has 0 saturated carbocycles. The van der Waals surface area contributed by atoms with Gasteiger partial charge in [-0.05, 0) is 30.7 Å². The number of hydrogen-bond acceptors (Lipinski definition) is 3. The number of carbonyl (C=O) groups excluding carboxylic acids is 2. The molecule has 6 heteroatoms. The highest BCUT2D eigenvalue weighted by Crippen LogP contribution is 2.20. The van der Waals surface area contributed by atoms with Crippen LogP contribution in [0.3, 0.4) is 0 Å². The summed E-state index contributed by atoms with van der Waals surface area (Å²) in [6.45, 7) is 3.39. The Kier molecular flexibility index (Phi) is 6.37. The largest absolute Gasteiger partial charge is 0.326 e. The van der Waals surface area contributed by atoms with Crippen molar-refractivity contribution in [2.45, 2.75) is 19.6 Å². The standard InChI is InChI=1S/C18H19FN2O2S/c1-12-3-5-14(6-4-12)10-24-11-18(23)21-17-9-15(20-13(2)22)7-8-16(17)19/h3-9H,10-11H2,1-2H3,(H,20,22)(H,21,23). The van der Waals surface area contributed by atoms with Gasteiger partial charge in [0.1, 0.15) is 5.82 Å². The molecular formula is C18H19FN2O2S. The second-order valence-electron chi connectivity index (χ2n) is 5.40. The van der Waals surface area contributed by atoms with Gasteiger partial charge in [-0.15, -0.1) is 11.8 Å². The van der Waals surface area contributed by atoms with Crippen molar-refractivity contribution in [2.75, 3.05) is 16.4 Å². The summed E-state index contributed by atoms with van der Waals surface area (Å²) < 4.78 is 13.8. The van der Waals surface area contributed by atoms with E-state index in [0.717, 1.165) is 5.56 Å². The molecular weight excluding hydrogens is 327 g/mol. The third-order valence-corrected chi connectivity index (χ3v) is 4.19. The van der Waals surface area contributed by atoms with Crippen LogP contribution in [0.1, 0.15) is 18.1 Å². The summed E-state index contributed by atoms with van der Waals surface area (Å²) >= 11 is 1.46. The number of carbonyl (C=O) groups is 2. The normalized spacial score (nSPS) is 10.3. The van der Waals surface area contributed by atoms with Crippen LogP contribution in [0.25, 0.3) is 0 Å². The molecule has 0 unspecified atom stereocenters. The van der Waals surface area contributed by atoms with Gasteiger partial charge in [-0.25, -0.2) is 4.39 Å². The molecule has 2 rings (SSSR count). The number of hydrogen-bond donors (Lipinski definition) is 2. The summed E-state index contributed by atoms with van der Waals surface area (Å²) in [6.07, 6.45) is 0. The first-order valence-electron chi connectivity index (χ1n) is 7.44. The van der Waals surface area contributed by atoms with Crippen LogP contribution in [0.4, 0.5) is 15.8 Å². The number of benzene rings is 2. The minimum Gasteiger partial charge on any atom is -0.326 e. The minimum absolute atomic E-state index is 0.0576. The molecule has 2 amide bonds. The van der Waals surface area contributed by atoms with Crippen LogP contribution in [-0.4, -0.2) is 17.6 Å². The molecule has 0 aliphatic carbocycles. The molecule has 0 fully saturated rings. The smallest absolute Gasteiger partial charge is 0.234 e. The SMILES string of the molecule is CC(=O)Nc1ccc(F)c(NC(=O)CSCc2ccc(C)cc2)c1. The highest BCUT2D eigenvalue weighted by molar-refractivity contribution is 7.99. The molecule has 0 bridgehead atoms. The Balaban J connectivity index is 1.87. The molecule has 0 aromatic heterocycles. The van der Waals surface area contributed by atoms with Gasteiger partial charge in [0, 0.05) is 18.4 Å². The van der Waals surface area contributed by atoms with Gasteiger partial charge < -0.3 is 10.6 Å². The zero-order valence-corrected chi connectivity index (χ0v) is 14.4. The molecule has 0 saturated heterocycles. The summed E-state index contributed by atoms with van der Waals surface area (Å²) in [4.78, 5) is 23.0. The molecule has 2 N–H and O–H groups in total. The van der Waals surface area contributed by atoms with Crippen molar-refractivity contribution in [1.82, 2.24) is 0 Å². The summed E-state index contributed by atoms with van der Waals surface area (Å²) in [7, 11) is 0. The Labute approximate surface area is 144 Å². The zero-order chi connectivity index (χ0) is 17.5. The van der Waals surface area contributed by atoms with E-state index in [4.69, 9.17) is 0 Å².